The van der Waals surface area contributed by atoms with Gasteiger partial charge in [0, 0.05) is 39.0 Å². The van der Waals surface area contributed by atoms with Crippen LogP contribution in [0.15, 0.2) is 60.7 Å². The standard InChI is InChI=1S/C28H36N8O2S3/c29-22(40-27(31)34-24(37)19-20-7-3-1-4-8-20)11-17-39-18-12-23(30)41-28(32)35-26(38)25(21-9-5-2-6-10-21)36-15-13-33-14-16-36/h1-10,25,29-30,33H,11-19H2,(H2,31,34,37)(H2,32,35,38). The molecule has 0 saturated carbocycles. The summed E-state index contributed by atoms with van der Waals surface area (Å²) in [4.78, 5) is 27.3. The molecule has 7 N–H and O–H groups in total. The number of carbonyl (C=O) groups excluding carboxylic acids is 2. The molecule has 0 aromatic heterocycles. The van der Waals surface area contributed by atoms with Gasteiger partial charge in [0.05, 0.1) is 16.5 Å². The van der Waals surface area contributed by atoms with Gasteiger partial charge >= 0.3 is 0 Å². The predicted molar refractivity (Wildman–Crippen MR) is 173 cm³/mol. The molecule has 218 valence electrons. The molecule has 0 bridgehead atoms. The largest absolute Gasteiger partial charge is 0.314 e. The van der Waals surface area contributed by atoms with E-state index in [2.05, 4.69) is 20.9 Å². The molecular weight excluding hydrogens is 577 g/mol. The number of nitrogens with zero attached hydrogens (tertiary/aromatic N) is 1. The number of carbonyl (C=O) groups is 2. The van der Waals surface area contributed by atoms with Crippen LogP contribution in [0.4, 0.5) is 0 Å². The van der Waals surface area contributed by atoms with Crippen LogP contribution in [0.2, 0.25) is 0 Å². The Morgan fingerprint density at radius 1 is 0.805 bits per heavy atom. The number of hydrogen-bond acceptors (Lipinski definition) is 11. The molecule has 1 heterocycles. The van der Waals surface area contributed by atoms with Crippen molar-refractivity contribution in [1.82, 2.24) is 20.9 Å². The van der Waals surface area contributed by atoms with Crippen molar-refractivity contribution in [2.24, 2.45) is 0 Å². The summed E-state index contributed by atoms with van der Waals surface area (Å²) < 4.78 is 0. The van der Waals surface area contributed by atoms with Crippen molar-refractivity contribution in [3.8, 4) is 0 Å². The molecule has 2 amide bonds. The number of benzene rings is 2. The minimum atomic E-state index is -0.490. The van der Waals surface area contributed by atoms with Gasteiger partial charge in [-0.3, -0.25) is 36.1 Å². The first kappa shape index (κ1) is 32.5. The normalized spacial score (nSPS) is 14.0. The van der Waals surface area contributed by atoms with Crippen molar-refractivity contribution >= 4 is 67.5 Å². The molecule has 1 saturated heterocycles. The predicted octanol–water partition coefficient (Wildman–Crippen LogP) is 3.91. The average Bonchev–Trinajstić information content (AvgIpc) is 2.94. The number of amidine groups is 2. The molecule has 2 aromatic rings. The van der Waals surface area contributed by atoms with Gasteiger partial charge in [0.15, 0.2) is 10.3 Å². The van der Waals surface area contributed by atoms with E-state index in [1.165, 1.54) is 0 Å². The minimum Gasteiger partial charge on any atom is -0.314 e. The van der Waals surface area contributed by atoms with E-state index in [1.54, 1.807) is 11.8 Å². The minimum absolute atomic E-state index is 0.0629. The van der Waals surface area contributed by atoms with Crippen molar-refractivity contribution < 1.29 is 9.59 Å². The first-order chi connectivity index (χ1) is 19.8. The lowest BCUT2D eigenvalue weighted by Gasteiger charge is -2.34. The van der Waals surface area contributed by atoms with Crippen molar-refractivity contribution in [2.75, 3.05) is 37.7 Å². The fourth-order valence-electron chi connectivity index (χ4n) is 4.07. The lowest BCUT2D eigenvalue weighted by Crippen LogP contribution is -2.50. The molecule has 0 aliphatic carbocycles. The molecule has 2 aromatic carbocycles. The SMILES string of the molecule is N=C(CCSCCC(=N)SC(=N)NC(=O)C(c1ccccc1)N1CCNCC1)SC(=N)NC(=O)Cc1ccccc1. The van der Waals surface area contributed by atoms with Crippen LogP contribution in [0.1, 0.15) is 30.0 Å². The van der Waals surface area contributed by atoms with Gasteiger partial charge in [0.1, 0.15) is 6.04 Å². The number of piperazine rings is 1. The third-order valence-corrected chi connectivity index (χ3v) is 8.47. The molecule has 3 rings (SSSR count). The van der Waals surface area contributed by atoms with Gasteiger partial charge in [-0.05, 0) is 46.2 Å². The Kier molecular flexibility index (Phi) is 14.1. The van der Waals surface area contributed by atoms with Gasteiger partial charge in [-0.25, -0.2) is 0 Å². The van der Waals surface area contributed by atoms with E-state index in [-0.39, 0.29) is 38.7 Å². The van der Waals surface area contributed by atoms with Crippen LogP contribution in [0, 0.1) is 21.6 Å². The Labute approximate surface area is 253 Å². The summed E-state index contributed by atoms with van der Waals surface area (Å²) >= 11 is 3.45. The van der Waals surface area contributed by atoms with Crippen molar-refractivity contribution in [3.05, 3.63) is 71.8 Å². The Balaban J connectivity index is 1.30. The maximum atomic E-state index is 13.2. The van der Waals surface area contributed by atoms with Crippen LogP contribution in [0.3, 0.4) is 0 Å². The zero-order valence-corrected chi connectivity index (χ0v) is 25.2. The summed E-state index contributed by atoms with van der Waals surface area (Å²) in [7, 11) is 0. The van der Waals surface area contributed by atoms with Gasteiger partial charge in [0.25, 0.3) is 0 Å². The maximum Gasteiger partial charge on any atom is 0.247 e. The van der Waals surface area contributed by atoms with Crippen LogP contribution < -0.4 is 16.0 Å². The Bertz CT molecular complexity index is 1210. The lowest BCUT2D eigenvalue weighted by molar-refractivity contribution is -0.125. The molecule has 41 heavy (non-hydrogen) atoms. The topological polar surface area (TPSA) is 169 Å². The van der Waals surface area contributed by atoms with Gasteiger partial charge in [-0.1, -0.05) is 60.7 Å². The summed E-state index contributed by atoms with van der Waals surface area (Å²) in [5.41, 5.74) is 1.74. The zero-order chi connectivity index (χ0) is 29.5. The van der Waals surface area contributed by atoms with E-state index < -0.39 is 6.04 Å². The van der Waals surface area contributed by atoms with Crippen LogP contribution in [-0.4, -0.2) is 74.8 Å². The van der Waals surface area contributed by atoms with E-state index in [1.807, 2.05) is 60.7 Å². The lowest BCUT2D eigenvalue weighted by atomic mass is 10.0. The van der Waals surface area contributed by atoms with Crippen LogP contribution in [0.25, 0.3) is 0 Å². The van der Waals surface area contributed by atoms with Crippen LogP contribution in [-0.2, 0) is 16.0 Å². The summed E-state index contributed by atoms with van der Waals surface area (Å²) in [6.07, 6.45) is 1.08. The molecule has 1 atom stereocenters. The second-order valence-electron chi connectivity index (χ2n) is 9.12. The highest BCUT2D eigenvalue weighted by Gasteiger charge is 2.29. The summed E-state index contributed by atoms with van der Waals surface area (Å²) in [5.74, 6) is 0.736. The van der Waals surface area contributed by atoms with Gasteiger partial charge in [0.2, 0.25) is 11.8 Å². The first-order valence-electron chi connectivity index (χ1n) is 13.2. The number of nitrogens with one attached hydrogen (secondary N) is 7. The molecule has 1 aliphatic rings. The van der Waals surface area contributed by atoms with E-state index in [0.717, 1.165) is 60.8 Å². The van der Waals surface area contributed by atoms with Gasteiger partial charge in [-0.2, -0.15) is 11.8 Å². The second-order valence-corrected chi connectivity index (χ2v) is 12.6. The Morgan fingerprint density at radius 3 is 1.93 bits per heavy atom. The molecule has 13 heteroatoms. The van der Waals surface area contributed by atoms with E-state index in [4.69, 9.17) is 21.6 Å². The third-order valence-electron chi connectivity index (χ3n) is 5.98. The monoisotopic (exact) mass is 612 g/mol. The molecule has 0 spiro atoms. The van der Waals surface area contributed by atoms with E-state index in [9.17, 15) is 9.59 Å². The van der Waals surface area contributed by atoms with Crippen LogP contribution >= 0.6 is 35.3 Å². The number of amides is 2. The van der Waals surface area contributed by atoms with E-state index >= 15 is 0 Å². The number of rotatable bonds is 11. The Morgan fingerprint density at radius 2 is 1.34 bits per heavy atom. The third kappa shape index (κ3) is 12.2. The smallest absolute Gasteiger partial charge is 0.247 e. The number of thioether (sulfide) groups is 3. The highest BCUT2D eigenvalue weighted by molar-refractivity contribution is 8.26. The first-order valence-corrected chi connectivity index (χ1v) is 16.0. The molecule has 1 unspecified atom stereocenters. The number of hydrogen-bond donors (Lipinski definition) is 7. The zero-order valence-electron chi connectivity index (χ0n) is 22.7. The average molecular weight is 613 g/mol. The molecule has 1 aliphatic heterocycles. The summed E-state index contributed by atoms with van der Waals surface area (Å²) in [5, 5.41) is 41.4. The van der Waals surface area contributed by atoms with E-state index in [0.29, 0.717) is 24.3 Å². The van der Waals surface area contributed by atoms with Crippen molar-refractivity contribution in [2.45, 2.75) is 25.3 Å². The molecule has 0 radical (unpaired) electrons. The molecular formula is C28H36N8O2S3. The second kappa shape index (κ2) is 17.8. The highest BCUT2D eigenvalue weighted by Crippen LogP contribution is 2.22. The van der Waals surface area contributed by atoms with Crippen LogP contribution in [0.5, 0.6) is 0 Å². The fourth-order valence-corrected chi connectivity index (χ4v) is 6.44. The maximum absolute atomic E-state index is 13.2. The molecule has 10 nitrogen and oxygen atoms in total. The molecule has 1 fully saturated rings. The quantitative estimate of drug-likeness (QED) is 0.115. The van der Waals surface area contributed by atoms with Crippen molar-refractivity contribution in [1.29, 1.82) is 21.6 Å². The van der Waals surface area contributed by atoms with Crippen molar-refractivity contribution in [3.63, 3.8) is 0 Å². The highest BCUT2D eigenvalue weighted by atomic mass is 32.2. The Hall–Kier alpha value is -2.97. The summed E-state index contributed by atoms with van der Waals surface area (Å²) in [6, 6.07) is 18.4. The van der Waals surface area contributed by atoms with Gasteiger partial charge in [-0.15, -0.1) is 0 Å². The summed E-state index contributed by atoms with van der Waals surface area (Å²) in [6.45, 7) is 3.08. The fraction of sp³-hybridized carbons (Fsp3) is 0.357. The van der Waals surface area contributed by atoms with Gasteiger partial charge < -0.3 is 16.0 Å².